The number of benzene rings is 1. The number of carbonyl (C=O) groups is 1. The van der Waals surface area contributed by atoms with Gasteiger partial charge in [-0.15, -0.1) is 0 Å². The normalized spacial score (nSPS) is 11.3. The molecule has 0 spiro atoms. The number of alkyl halides is 3. The van der Waals surface area contributed by atoms with Gasteiger partial charge < -0.3 is 5.32 Å². The number of hydrogen-bond donors (Lipinski definition) is 1. The summed E-state index contributed by atoms with van der Waals surface area (Å²) in [5.41, 5.74) is -1.01. The number of nitrogens with one attached hydrogen (secondary N) is 1. The highest BCUT2D eigenvalue weighted by Gasteiger charge is 2.34. The summed E-state index contributed by atoms with van der Waals surface area (Å²) in [5, 5.41) is 2.23. The van der Waals surface area contributed by atoms with Crippen LogP contribution in [0.5, 0.6) is 0 Å². The number of rotatable bonds is 2. The van der Waals surface area contributed by atoms with Crippen LogP contribution in [0.1, 0.15) is 18.9 Å². The van der Waals surface area contributed by atoms with Crippen molar-refractivity contribution < 1.29 is 18.0 Å². The predicted molar refractivity (Wildman–Crippen MR) is 63.1 cm³/mol. The van der Waals surface area contributed by atoms with Crippen LogP contribution < -0.4 is 5.32 Å². The SMILES string of the molecule is CCC(=O)Nc1ccc(I)cc1C(F)(F)F. The average Bonchev–Trinajstić information content (AvgIpc) is 2.19. The molecule has 1 N–H and O–H groups in total. The van der Waals surface area contributed by atoms with Crippen molar-refractivity contribution in [3.05, 3.63) is 27.3 Å². The van der Waals surface area contributed by atoms with Crippen LogP contribution in [0.25, 0.3) is 0 Å². The van der Waals surface area contributed by atoms with Crippen LogP contribution >= 0.6 is 22.6 Å². The molecule has 1 aromatic rings. The first-order valence-corrected chi connectivity index (χ1v) is 5.59. The van der Waals surface area contributed by atoms with E-state index in [0.29, 0.717) is 3.57 Å². The lowest BCUT2D eigenvalue weighted by atomic mass is 10.1. The van der Waals surface area contributed by atoms with Crippen LogP contribution in [-0.2, 0) is 11.0 Å². The first-order valence-electron chi connectivity index (χ1n) is 4.51. The molecule has 0 aromatic heterocycles. The highest BCUT2D eigenvalue weighted by molar-refractivity contribution is 14.1. The van der Waals surface area contributed by atoms with E-state index in [2.05, 4.69) is 5.32 Å². The summed E-state index contributed by atoms with van der Waals surface area (Å²) in [5.74, 6) is -0.438. The lowest BCUT2D eigenvalue weighted by Gasteiger charge is -2.13. The van der Waals surface area contributed by atoms with Gasteiger partial charge in [-0.05, 0) is 40.8 Å². The van der Waals surface area contributed by atoms with Crippen molar-refractivity contribution in [2.75, 3.05) is 5.32 Å². The van der Waals surface area contributed by atoms with Crippen molar-refractivity contribution in [1.29, 1.82) is 0 Å². The van der Waals surface area contributed by atoms with Gasteiger partial charge in [-0.1, -0.05) is 6.92 Å². The zero-order valence-corrected chi connectivity index (χ0v) is 10.5. The minimum Gasteiger partial charge on any atom is -0.326 e. The molecule has 16 heavy (non-hydrogen) atoms. The number of carbonyl (C=O) groups excluding carboxylic acids is 1. The van der Waals surface area contributed by atoms with Gasteiger partial charge in [0.05, 0.1) is 11.3 Å². The van der Waals surface area contributed by atoms with Gasteiger partial charge in [0, 0.05) is 9.99 Å². The van der Waals surface area contributed by atoms with Crippen LogP contribution in [0.3, 0.4) is 0 Å². The Bertz CT molecular complexity index is 404. The van der Waals surface area contributed by atoms with E-state index in [-0.39, 0.29) is 12.1 Å². The highest BCUT2D eigenvalue weighted by atomic mass is 127. The average molecular weight is 343 g/mol. The van der Waals surface area contributed by atoms with Gasteiger partial charge in [-0.25, -0.2) is 0 Å². The minimum atomic E-state index is -4.46. The molecule has 1 amide bonds. The van der Waals surface area contributed by atoms with Crippen LogP contribution in [-0.4, -0.2) is 5.91 Å². The van der Waals surface area contributed by atoms with Crippen molar-refractivity contribution in [2.24, 2.45) is 0 Å². The molecule has 0 heterocycles. The van der Waals surface area contributed by atoms with Gasteiger partial charge in [0.1, 0.15) is 0 Å². The summed E-state index contributed by atoms with van der Waals surface area (Å²) in [7, 11) is 0. The Morgan fingerprint density at radius 2 is 2.06 bits per heavy atom. The van der Waals surface area contributed by atoms with Gasteiger partial charge in [0.2, 0.25) is 5.91 Å². The molecule has 0 fully saturated rings. The predicted octanol–water partition coefficient (Wildman–Crippen LogP) is 3.66. The van der Waals surface area contributed by atoms with Crippen molar-refractivity contribution in [1.82, 2.24) is 0 Å². The van der Waals surface area contributed by atoms with Crippen LogP contribution in [0.15, 0.2) is 18.2 Å². The van der Waals surface area contributed by atoms with Gasteiger partial charge >= 0.3 is 6.18 Å². The molecular formula is C10H9F3INO. The van der Waals surface area contributed by atoms with E-state index in [1.54, 1.807) is 29.5 Å². The summed E-state index contributed by atoms with van der Waals surface area (Å²) in [6, 6.07) is 3.78. The van der Waals surface area contributed by atoms with Crippen LogP contribution in [0, 0.1) is 3.57 Å². The van der Waals surface area contributed by atoms with Crippen molar-refractivity contribution in [2.45, 2.75) is 19.5 Å². The van der Waals surface area contributed by atoms with E-state index in [1.165, 1.54) is 12.1 Å². The molecule has 0 radical (unpaired) electrons. The summed E-state index contributed by atoms with van der Waals surface area (Å²) < 4.78 is 38.4. The molecular weight excluding hydrogens is 334 g/mol. The molecule has 0 bridgehead atoms. The molecule has 2 nitrogen and oxygen atoms in total. The molecule has 0 aliphatic carbocycles. The molecule has 88 valence electrons. The highest BCUT2D eigenvalue weighted by Crippen LogP contribution is 2.35. The molecule has 0 atom stereocenters. The maximum atomic E-state index is 12.6. The van der Waals surface area contributed by atoms with E-state index in [0.717, 1.165) is 6.07 Å². The van der Waals surface area contributed by atoms with Crippen molar-refractivity contribution >= 4 is 34.2 Å². The van der Waals surface area contributed by atoms with Crippen LogP contribution in [0.2, 0.25) is 0 Å². The van der Waals surface area contributed by atoms with E-state index >= 15 is 0 Å². The Balaban J connectivity index is 3.13. The fourth-order valence-electron chi connectivity index (χ4n) is 1.10. The Morgan fingerprint density at radius 3 is 2.56 bits per heavy atom. The number of amides is 1. The van der Waals surface area contributed by atoms with Crippen molar-refractivity contribution in [3.8, 4) is 0 Å². The number of hydrogen-bond acceptors (Lipinski definition) is 1. The van der Waals surface area contributed by atoms with Gasteiger partial charge in [-0.2, -0.15) is 13.2 Å². The summed E-state index contributed by atoms with van der Waals surface area (Å²) >= 11 is 1.79. The van der Waals surface area contributed by atoms with Gasteiger partial charge in [0.25, 0.3) is 0 Å². The van der Waals surface area contributed by atoms with Gasteiger partial charge in [-0.3, -0.25) is 4.79 Å². The minimum absolute atomic E-state index is 0.142. The summed E-state index contributed by atoms with van der Waals surface area (Å²) in [6.45, 7) is 1.58. The zero-order chi connectivity index (χ0) is 12.3. The molecule has 6 heteroatoms. The summed E-state index contributed by atoms with van der Waals surface area (Å²) in [6.07, 6.45) is -4.32. The van der Waals surface area contributed by atoms with E-state index in [9.17, 15) is 18.0 Å². The monoisotopic (exact) mass is 343 g/mol. The lowest BCUT2D eigenvalue weighted by molar-refractivity contribution is -0.137. The standard InChI is InChI=1S/C10H9F3INO/c1-2-9(16)15-8-4-3-6(14)5-7(8)10(11,12)13/h3-5H,2H2,1H3,(H,15,16). The topological polar surface area (TPSA) is 29.1 Å². The fourth-order valence-corrected chi connectivity index (χ4v) is 1.59. The maximum absolute atomic E-state index is 12.6. The number of anilines is 1. The first kappa shape index (κ1) is 13.3. The molecule has 0 aliphatic rings. The maximum Gasteiger partial charge on any atom is 0.418 e. The molecule has 0 saturated heterocycles. The van der Waals surface area contributed by atoms with Crippen LogP contribution in [0.4, 0.5) is 18.9 Å². The Hall–Kier alpha value is -0.790. The molecule has 1 rings (SSSR count). The number of halogens is 4. The first-order chi connectivity index (χ1) is 7.34. The molecule has 1 aromatic carbocycles. The quantitative estimate of drug-likeness (QED) is 0.816. The van der Waals surface area contributed by atoms with E-state index in [1.807, 2.05) is 0 Å². The third kappa shape index (κ3) is 3.36. The molecule has 0 unspecified atom stereocenters. The molecule has 0 saturated carbocycles. The fraction of sp³-hybridized carbons (Fsp3) is 0.300. The Morgan fingerprint density at radius 1 is 1.44 bits per heavy atom. The van der Waals surface area contributed by atoms with Crippen molar-refractivity contribution in [3.63, 3.8) is 0 Å². The van der Waals surface area contributed by atoms with E-state index < -0.39 is 17.6 Å². The van der Waals surface area contributed by atoms with Gasteiger partial charge in [0.15, 0.2) is 0 Å². The largest absolute Gasteiger partial charge is 0.418 e. The second-order valence-corrected chi connectivity index (χ2v) is 4.34. The second kappa shape index (κ2) is 5.03. The zero-order valence-electron chi connectivity index (χ0n) is 8.36. The Labute approximate surface area is 104 Å². The lowest BCUT2D eigenvalue weighted by Crippen LogP contribution is -2.15. The molecule has 0 aliphatic heterocycles. The third-order valence-electron chi connectivity index (χ3n) is 1.88. The van der Waals surface area contributed by atoms with E-state index in [4.69, 9.17) is 0 Å². The third-order valence-corrected chi connectivity index (χ3v) is 2.55. The second-order valence-electron chi connectivity index (χ2n) is 3.09. The Kier molecular flexibility index (Phi) is 4.17. The summed E-state index contributed by atoms with van der Waals surface area (Å²) in [4.78, 5) is 11.1. The smallest absolute Gasteiger partial charge is 0.326 e.